The van der Waals surface area contributed by atoms with Crippen molar-refractivity contribution < 1.29 is 4.79 Å². The minimum Gasteiger partial charge on any atom is -0.378 e. The summed E-state index contributed by atoms with van der Waals surface area (Å²) in [4.78, 5) is 17.4. The second-order valence-electron chi connectivity index (χ2n) is 8.40. The van der Waals surface area contributed by atoms with Crippen molar-refractivity contribution in [3.8, 4) is 11.1 Å². The fraction of sp³-hybridized carbons (Fsp3) is 0.296. The standard InChI is InChI=1S/C27H31N3O/c1-29(2)25-16-14-23(15-17-25)26(30-18-6-7-19-30)20-28-27(31)24-12-10-22(11-13-24)21-8-4-3-5-9-21/h3-5,8-17,26H,6-7,18-20H2,1-2H3,(H,28,31)/t26-/m1/s1. The molecule has 4 nitrogen and oxygen atoms in total. The van der Waals surface area contributed by atoms with Gasteiger partial charge >= 0.3 is 0 Å². The molecule has 0 saturated carbocycles. The maximum Gasteiger partial charge on any atom is 0.251 e. The van der Waals surface area contributed by atoms with Crippen LogP contribution in [0.3, 0.4) is 0 Å². The first-order chi connectivity index (χ1) is 15.1. The first kappa shape index (κ1) is 21.1. The molecule has 3 aromatic rings. The number of carbonyl (C=O) groups is 1. The van der Waals surface area contributed by atoms with E-state index in [0.29, 0.717) is 12.1 Å². The molecule has 1 aliphatic rings. The number of carbonyl (C=O) groups excluding carboxylic acids is 1. The van der Waals surface area contributed by atoms with E-state index in [2.05, 4.69) is 65.6 Å². The van der Waals surface area contributed by atoms with Crippen molar-refractivity contribution in [3.05, 3.63) is 90.0 Å². The molecule has 1 aliphatic heterocycles. The van der Waals surface area contributed by atoms with Gasteiger partial charge in [-0.25, -0.2) is 0 Å². The summed E-state index contributed by atoms with van der Waals surface area (Å²) in [6.07, 6.45) is 2.45. The van der Waals surface area contributed by atoms with Crippen LogP contribution in [-0.2, 0) is 0 Å². The Balaban J connectivity index is 1.44. The Hall–Kier alpha value is -3.11. The fourth-order valence-electron chi connectivity index (χ4n) is 4.24. The number of hydrogen-bond donors (Lipinski definition) is 1. The van der Waals surface area contributed by atoms with Crippen LogP contribution in [0, 0.1) is 0 Å². The topological polar surface area (TPSA) is 35.6 Å². The minimum absolute atomic E-state index is 0.0197. The average Bonchev–Trinajstić information content (AvgIpc) is 3.35. The van der Waals surface area contributed by atoms with E-state index in [1.807, 2.05) is 42.5 Å². The van der Waals surface area contributed by atoms with E-state index in [4.69, 9.17) is 0 Å². The molecule has 1 amide bonds. The molecule has 0 aromatic heterocycles. The second kappa shape index (κ2) is 9.80. The zero-order valence-electron chi connectivity index (χ0n) is 18.4. The van der Waals surface area contributed by atoms with Crippen LogP contribution >= 0.6 is 0 Å². The van der Waals surface area contributed by atoms with Crippen molar-refractivity contribution in [1.82, 2.24) is 10.2 Å². The van der Waals surface area contributed by atoms with Crippen LogP contribution in [-0.4, -0.2) is 44.5 Å². The van der Waals surface area contributed by atoms with Gasteiger partial charge < -0.3 is 10.2 Å². The average molecular weight is 414 g/mol. The lowest BCUT2D eigenvalue weighted by molar-refractivity contribution is 0.0938. The smallest absolute Gasteiger partial charge is 0.251 e. The molecule has 160 valence electrons. The van der Waals surface area contributed by atoms with Crippen molar-refractivity contribution in [2.75, 3.05) is 38.6 Å². The van der Waals surface area contributed by atoms with E-state index >= 15 is 0 Å². The predicted octanol–water partition coefficient (Wildman–Crippen LogP) is 4.99. The number of nitrogens with zero attached hydrogens (tertiary/aromatic N) is 2. The zero-order chi connectivity index (χ0) is 21.6. The molecule has 4 heteroatoms. The van der Waals surface area contributed by atoms with Gasteiger partial charge in [0.15, 0.2) is 0 Å². The van der Waals surface area contributed by atoms with Crippen LogP contribution in [0.5, 0.6) is 0 Å². The summed E-state index contributed by atoms with van der Waals surface area (Å²) in [7, 11) is 4.10. The molecule has 3 aromatic carbocycles. The Morgan fingerprint density at radius 1 is 0.871 bits per heavy atom. The van der Waals surface area contributed by atoms with E-state index in [9.17, 15) is 4.79 Å². The van der Waals surface area contributed by atoms with Gasteiger partial charge in [-0.2, -0.15) is 0 Å². The molecule has 1 saturated heterocycles. The number of rotatable bonds is 7. The summed E-state index contributed by atoms with van der Waals surface area (Å²) in [5.41, 5.74) is 5.42. The molecule has 0 aliphatic carbocycles. The van der Waals surface area contributed by atoms with Gasteiger partial charge in [0.2, 0.25) is 0 Å². The molecule has 1 heterocycles. The molecule has 4 rings (SSSR count). The Labute approximate surface area is 185 Å². The number of benzene rings is 3. The molecule has 1 fully saturated rings. The number of anilines is 1. The lowest BCUT2D eigenvalue weighted by Crippen LogP contribution is -2.36. The largest absolute Gasteiger partial charge is 0.378 e. The Morgan fingerprint density at radius 3 is 2.10 bits per heavy atom. The molecule has 1 atom stereocenters. The van der Waals surface area contributed by atoms with Crippen LogP contribution in [0.25, 0.3) is 11.1 Å². The zero-order valence-corrected chi connectivity index (χ0v) is 18.4. The molecule has 0 spiro atoms. The third kappa shape index (κ3) is 5.15. The van der Waals surface area contributed by atoms with Gasteiger partial charge in [-0.15, -0.1) is 0 Å². The van der Waals surface area contributed by atoms with E-state index in [1.165, 1.54) is 24.1 Å². The third-order valence-electron chi connectivity index (χ3n) is 6.09. The molecule has 1 N–H and O–H groups in total. The third-order valence-corrected chi connectivity index (χ3v) is 6.09. The van der Waals surface area contributed by atoms with E-state index < -0.39 is 0 Å². The monoisotopic (exact) mass is 413 g/mol. The number of hydrogen-bond acceptors (Lipinski definition) is 3. The van der Waals surface area contributed by atoms with Gasteiger partial charge in [0.1, 0.15) is 0 Å². The summed E-state index contributed by atoms with van der Waals surface area (Å²) >= 11 is 0. The quantitative estimate of drug-likeness (QED) is 0.593. The normalized spacial score (nSPS) is 14.9. The molecular weight excluding hydrogens is 382 g/mol. The predicted molar refractivity (Wildman–Crippen MR) is 129 cm³/mol. The molecular formula is C27H31N3O. The number of likely N-dealkylation sites (tertiary alicyclic amines) is 1. The SMILES string of the molecule is CN(C)c1ccc([C@@H](CNC(=O)c2ccc(-c3ccccc3)cc2)N2CCCC2)cc1. The maximum absolute atomic E-state index is 12.9. The van der Waals surface area contributed by atoms with Gasteiger partial charge in [-0.05, 0) is 66.9 Å². The molecule has 31 heavy (non-hydrogen) atoms. The van der Waals surface area contributed by atoms with Gasteiger partial charge in [0.25, 0.3) is 5.91 Å². The lowest BCUT2D eigenvalue weighted by Gasteiger charge is -2.28. The van der Waals surface area contributed by atoms with Gasteiger partial charge in [0.05, 0.1) is 6.04 Å². The van der Waals surface area contributed by atoms with Crippen molar-refractivity contribution in [3.63, 3.8) is 0 Å². The first-order valence-electron chi connectivity index (χ1n) is 11.1. The van der Waals surface area contributed by atoms with Crippen LogP contribution in [0.2, 0.25) is 0 Å². The van der Waals surface area contributed by atoms with E-state index in [1.54, 1.807) is 0 Å². The van der Waals surface area contributed by atoms with E-state index in [-0.39, 0.29) is 11.9 Å². The van der Waals surface area contributed by atoms with E-state index in [0.717, 1.165) is 24.2 Å². The first-order valence-corrected chi connectivity index (χ1v) is 11.1. The Kier molecular flexibility index (Phi) is 6.68. The highest BCUT2D eigenvalue weighted by atomic mass is 16.1. The highest BCUT2D eigenvalue weighted by molar-refractivity contribution is 5.94. The van der Waals surface area contributed by atoms with Gasteiger partial charge in [-0.1, -0.05) is 54.6 Å². The maximum atomic E-state index is 12.9. The van der Waals surface area contributed by atoms with Crippen LogP contribution in [0.4, 0.5) is 5.69 Å². The van der Waals surface area contributed by atoms with Crippen molar-refractivity contribution >= 4 is 11.6 Å². The summed E-state index contributed by atoms with van der Waals surface area (Å²) in [5.74, 6) is -0.0197. The number of amides is 1. The van der Waals surface area contributed by atoms with Crippen LogP contribution in [0.1, 0.15) is 34.8 Å². The van der Waals surface area contributed by atoms with Crippen LogP contribution < -0.4 is 10.2 Å². The summed E-state index contributed by atoms with van der Waals surface area (Å²) in [6.45, 7) is 2.78. The summed E-state index contributed by atoms with van der Waals surface area (Å²) in [6, 6.07) is 27.0. The Morgan fingerprint density at radius 2 is 1.48 bits per heavy atom. The van der Waals surface area contributed by atoms with Crippen molar-refractivity contribution in [1.29, 1.82) is 0 Å². The number of nitrogens with one attached hydrogen (secondary N) is 1. The van der Waals surface area contributed by atoms with Crippen molar-refractivity contribution in [2.24, 2.45) is 0 Å². The minimum atomic E-state index is -0.0197. The Bertz CT molecular complexity index is 975. The molecule has 0 bridgehead atoms. The summed E-state index contributed by atoms with van der Waals surface area (Å²) in [5, 5.41) is 3.18. The van der Waals surface area contributed by atoms with Crippen molar-refractivity contribution in [2.45, 2.75) is 18.9 Å². The highest BCUT2D eigenvalue weighted by Crippen LogP contribution is 2.26. The van der Waals surface area contributed by atoms with Crippen LogP contribution in [0.15, 0.2) is 78.9 Å². The highest BCUT2D eigenvalue weighted by Gasteiger charge is 2.24. The van der Waals surface area contributed by atoms with Gasteiger partial charge in [-0.3, -0.25) is 9.69 Å². The second-order valence-corrected chi connectivity index (χ2v) is 8.40. The molecule has 0 unspecified atom stereocenters. The van der Waals surface area contributed by atoms with Gasteiger partial charge in [0, 0.05) is 31.9 Å². The molecule has 0 radical (unpaired) electrons. The lowest BCUT2D eigenvalue weighted by atomic mass is 10.0. The fourth-order valence-corrected chi connectivity index (χ4v) is 4.24. The summed E-state index contributed by atoms with van der Waals surface area (Å²) < 4.78 is 0.